The van der Waals surface area contributed by atoms with Gasteiger partial charge in [-0.15, -0.1) is 11.3 Å². The Morgan fingerprint density at radius 1 is 1.24 bits per heavy atom. The Labute approximate surface area is 176 Å². The molecule has 0 radical (unpaired) electrons. The summed E-state index contributed by atoms with van der Waals surface area (Å²) in [6.07, 6.45) is 2.39. The van der Waals surface area contributed by atoms with Crippen LogP contribution in [0.1, 0.15) is 47.8 Å². The number of piperidine rings is 1. The second-order valence-electron chi connectivity index (χ2n) is 7.84. The molecule has 0 saturated carbocycles. The number of pyridine rings is 2. The van der Waals surface area contributed by atoms with Gasteiger partial charge in [0.05, 0.1) is 22.5 Å². The van der Waals surface area contributed by atoms with Crippen LogP contribution in [0.5, 0.6) is 5.88 Å². The first-order valence-electron chi connectivity index (χ1n) is 10.2. The standard InChI is InChI=1S/C22H29N5OS/c1-14-10-17(11-21(24-14)28-4)12-23-18-6-5-9-27(13-18)15(2)19-7-8-20-22(26-19)25-16(3)29-20/h7-8,10-11,15,18,23H,5-6,9,12-13H2,1-4H3/t15?,18-/m0/s1. The number of rotatable bonds is 6. The Kier molecular flexibility index (Phi) is 6.08. The van der Waals surface area contributed by atoms with E-state index in [4.69, 9.17) is 9.72 Å². The lowest BCUT2D eigenvalue weighted by atomic mass is 10.0. The van der Waals surface area contributed by atoms with Crippen LogP contribution in [0.15, 0.2) is 24.3 Å². The van der Waals surface area contributed by atoms with Crippen molar-refractivity contribution in [1.82, 2.24) is 25.2 Å². The largest absolute Gasteiger partial charge is 0.481 e. The molecule has 3 aromatic rings. The molecule has 7 heteroatoms. The fraction of sp³-hybridized carbons (Fsp3) is 0.500. The number of nitrogens with zero attached hydrogens (tertiary/aromatic N) is 4. The summed E-state index contributed by atoms with van der Waals surface area (Å²) in [5.74, 6) is 0.680. The first-order valence-corrected chi connectivity index (χ1v) is 11.1. The summed E-state index contributed by atoms with van der Waals surface area (Å²) in [6.45, 7) is 9.26. The number of methoxy groups -OCH3 is 1. The van der Waals surface area contributed by atoms with Crippen LogP contribution < -0.4 is 10.1 Å². The van der Waals surface area contributed by atoms with Crippen molar-refractivity contribution in [2.75, 3.05) is 20.2 Å². The molecule has 1 saturated heterocycles. The first kappa shape index (κ1) is 20.2. The van der Waals surface area contributed by atoms with E-state index >= 15 is 0 Å². The van der Waals surface area contributed by atoms with Gasteiger partial charge in [-0.25, -0.2) is 15.0 Å². The molecule has 1 N–H and O–H groups in total. The van der Waals surface area contributed by atoms with Gasteiger partial charge in [-0.2, -0.15) is 0 Å². The average molecular weight is 412 g/mol. The summed E-state index contributed by atoms with van der Waals surface area (Å²) >= 11 is 1.71. The van der Waals surface area contributed by atoms with Crippen molar-refractivity contribution in [3.05, 3.63) is 46.2 Å². The number of aryl methyl sites for hydroxylation is 2. The third-order valence-electron chi connectivity index (χ3n) is 5.60. The zero-order valence-electron chi connectivity index (χ0n) is 17.6. The summed E-state index contributed by atoms with van der Waals surface area (Å²) in [6, 6.07) is 9.21. The summed E-state index contributed by atoms with van der Waals surface area (Å²) in [4.78, 5) is 16.3. The lowest BCUT2D eigenvalue weighted by molar-refractivity contribution is 0.143. The van der Waals surface area contributed by atoms with E-state index in [1.807, 2.05) is 19.9 Å². The molecule has 0 spiro atoms. The number of likely N-dealkylation sites (tertiary alicyclic amines) is 1. The van der Waals surface area contributed by atoms with Gasteiger partial charge in [-0.1, -0.05) is 0 Å². The quantitative estimate of drug-likeness (QED) is 0.661. The number of thiazole rings is 1. The minimum atomic E-state index is 0.286. The smallest absolute Gasteiger partial charge is 0.213 e. The SMILES string of the molecule is COc1cc(CN[C@H]2CCCN(C(C)c3ccc4sc(C)nc4n3)C2)cc(C)n1. The molecule has 1 aliphatic heterocycles. The van der Waals surface area contributed by atoms with Gasteiger partial charge in [0.1, 0.15) is 0 Å². The summed E-state index contributed by atoms with van der Waals surface area (Å²) < 4.78 is 6.46. The highest BCUT2D eigenvalue weighted by Crippen LogP contribution is 2.27. The third kappa shape index (κ3) is 4.74. The number of aromatic nitrogens is 3. The molecule has 0 aromatic carbocycles. The molecule has 4 rings (SSSR count). The highest BCUT2D eigenvalue weighted by Gasteiger charge is 2.25. The molecule has 29 heavy (non-hydrogen) atoms. The molecule has 6 nitrogen and oxygen atoms in total. The predicted octanol–water partition coefficient (Wildman–Crippen LogP) is 4.03. The third-order valence-corrected chi connectivity index (χ3v) is 6.53. The van der Waals surface area contributed by atoms with E-state index in [1.54, 1.807) is 18.4 Å². The van der Waals surface area contributed by atoms with E-state index < -0.39 is 0 Å². The Morgan fingerprint density at radius 2 is 2.10 bits per heavy atom. The Hall–Kier alpha value is -2.09. The van der Waals surface area contributed by atoms with Gasteiger partial charge in [0.15, 0.2) is 5.65 Å². The molecule has 1 aliphatic rings. The van der Waals surface area contributed by atoms with Gasteiger partial charge in [0, 0.05) is 36.9 Å². The topological polar surface area (TPSA) is 63.2 Å². The van der Waals surface area contributed by atoms with Crippen LogP contribution in [-0.2, 0) is 6.54 Å². The van der Waals surface area contributed by atoms with E-state index in [9.17, 15) is 0 Å². The maximum Gasteiger partial charge on any atom is 0.213 e. The summed E-state index contributed by atoms with van der Waals surface area (Å²) in [5.41, 5.74) is 4.19. The van der Waals surface area contributed by atoms with E-state index in [0.29, 0.717) is 11.9 Å². The lowest BCUT2D eigenvalue weighted by Crippen LogP contribution is -2.46. The molecule has 4 heterocycles. The second kappa shape index (κ2) is 8.73. The van der Waals surface area contributed by atoms with Crippen LogP contribution in [0, 0.1) is 13.8 Å². The van der Waals surface area contributed by atoms with E-state index in [0.717, 1.165) is 41.7 Å². The molecule has 1 fully saturated rings. The van der Waals surface area contributed by atoms with Crippen molar-refractivity contribution < 1.29 is 4.74 Å². The molecule has 0 bridgehead atoms. The van der Waals surface area contributed by atoms with Gasteiger partial charge >= 0.3 is 0 Å². The van der Waals surface area contributed by atoms with Crippen LogP contribution in [0.4, 0.5) is 0 Å². The highest BCUT2D eigenvalue weighted by atomic mass is 32.1. The number of nitrogens with one attached hydrogen (secondary N) is 1. The number of hydrogen-bond acceptors (Lipinski definition) is 7. The fourth-order valence-electron chi connectivity index (χ4n) is 4.06. The number of hydrogen-bond donors (Lipinski definition) is 1. The number of ether oxygens (including phenoxy) is 1. The maximum atomic E-state index is 5.30. The maximum absolute atomic E-state index is 5.30. The van der Waals surface area contributed by atoms with Gasteiger partial charge < -0.3 is 10.1 Å². The fourth-order valence-corrected chi connectivity index (χ4v) is 4.83. The van der Waals surface area contributed by atoms with E-state index in [2.05, 4.69) is 45.3 Å². The van der Waals surface area contributed by atoms with Gasteiger partial charge in [-0.3, -0.25) is 4.90 Å². The van der Waals surface area contributed by atoms with Crippen LogP contribution in [0.3, 0.4) is 0 Å². The summed E-state index contributed by atoms with van der Waals surface area (Å²) in [5, 5.41) is 4.80. The lowest BCUT2D eigenvalue weighted by Gasteiger charge is -2.37. The van der Waals surface area contributed by atoms with Crippen LogP contribution >= 0.6 is 11.3 Å². The van der Waals surface area contributed by atoms with Crippen LogP contribution in [0.25, 0.3) is 10.3 Å². The average Bonchev–Trinajstić information content (AvgIpc) is 3.10. The van der Waals surface area contributed by atoms with E-state index in [-0.39, 0.29) is 6.04 Å². The van der Waals surface area contributed by atoms with Crippen molar-refractivity contribution in [1.29, 1.82) is 0 Å². The van der Waals surface area contributed by atoms with Crippen molar-refractivity contribution >= 4 is 21.7 Å². The van der Waals surface area contributed by atoms with Crippen molar-refractivity contribution in [3.63, 3.8) is 0 Å². The zero-order chi connectivity index (χ0) is 20.4. The molecule has 154 valence electrons. The van der Waals surface area contributed by atoms with Gasteiger partial charge in [0.2, 0.25) is 5.88 Å². The zero-order valence-corrected chi connectivity index (χ0v) is 18.4. The van der Waals surface area contributed by atoms with Crippen LogP contribution in [0.2, 0.25) is 0 Å². The minimum absolute atomic E-state index is 0.286. The Morgan fingerprint density at radius 3 is 2.93 bits per heavy atom. The monoisotopic (exact) mass is 411 g/mol. The first-order chi connectivity index (χ1) is 14.0. The molecule has 3 aromatic heterocycles. The van der Waals surface area contributed by atoms with Crippen molar-refractivity contribution in [2.24, 2.45) is 0 Å². The van der Waals surface area contributed by atoms with Crippen LogP contribution in [-0.4, -0.2) is 46.1 Å². The van der Waals surface area contributed by atoms with E-state index in [1.165, 1.54) is 23.1 Å². The van der Waals surface area contributed by atoms with Gasteiger partial charge in [0.25, 0.3) is 0 Å². The molecular formula is C22H29N5OS. The van der Waals surface area contributed by atoms with Gasteiger partial charge in [-0.05, 0) is 63.9 Å². The molecular weight excluding hydrogens is 382 g/mol. The molecule has 0 aliphatic carbocycles. The predicted molar refractivity (Wildman–Crippen MR) is 118 cm³/mol. The summed E-state index contributed by atoms with van der Waals surface area (Å²) in [7, 11) is 1.66. The molecule has 0 amide bonds. The highest BCUT2D eigenvalue weighted by molar-refractivity contribution is 7.18. The molecule has 2 atom stereocenters. The van der Waals surface area contributed by atoms with Crippen molar-refractivity contribution in [3.8, 4) is 5.88 Å². The Balaban J connectivity index is 1.40. The molecule has 1 unspecified atom stereocenters. The normalized spacial score (nSPS) is 18.8. The number of fused-ring (bicyclic) bond motifs is 1. The van der Waals surface area contributed by atoms with Crippen molar-refractivity contribution in [2.45, 2.75) is 52.2 Å². The minimum Gasteiger partial charge on any atom is -0.481 e. The Bertz CT molecular complexity index is 988. The second-order valence-corrected chi connectivity index (χ2v) is 9.08.